The van der Waals surface area contributed by atoms with E-state index in [1.54, 1.807) is 28.9 Å². The van der Waals surface area contributed by atoms with Crippen molar-refractivity contribution in [3.63, 3.8) is 0 Å². The van der Waals surface area contributed by atoms with E-state index in [4.69, 9.17) is 9.47 Å². The molecule has 42 heavy (non-hydrogen) atoms. The van der Waals surface area contributed by atoms with E-state index in [-0.39, 0.29) is 37.3 Å². The van der Waals surface area contributed by atoms with Crippen molar-refractivity contribution in [1.29, 1.82) is 0 Å². The second-order valence-corrected chi connectivity index (χ2v) is 11.8. The Morgan fingerprint density at radius 3 is 2.55 bits per heavy atom. The summed E-state index contributed by atoms with van der Waals surface area (Å²) in [5, 5.41) is 12.1. The number of aliphatic hydroxyl groups excluding tert-OH is 1. The van der Waals surface area contributed by atoms with Crippen molar-refractivity contribution in [3.8, 4) is 0 Å². The first-order chi connectivity index (χ1) is 20.2. The molecule has 10 heteroatoms. The third-order valence-corrected chi connectivity index (χ3v) is 8.80. The average Bonchev–Trinajstić information content (AvgIpc) is 3.33. The zero-order valence-corrected chi connectivity index (χ0v) is 24.6. The van der Waals surface area contributed by atoms with Gasteiger partial charge in [-0.05, 0) is 57.6 Å². The molecule has 0 unspecified atom stereocenters. The zero-order chi connectivity index (χ0) is 30.0. The maximum Gasteiger partial charge on any atom is 0.313 e. The molecule has 2 saturated heterocycles. The Labute approximate surface area is 246 Å². The van der Waals surface area contributed by atoms with Crippen LogP contribution in [0.1, 0.15) is 50.2 Å². The molecule has 1 aromatic carbocycles. The van der Waals surface area contributed by atoms with Crippen LogP contribution in [-0.4, -0.2) is 83.8 Å². The van der Waals surface area contributed by atoms with Crippen LogP contribution >= 0.6 is 0 Å². The van der Waals surface area contributed by atoms with Crippen molar-refractivity contribution in [3.05, 3.63) is 53.6 Å². The van der Waals surface area contributed by atoms with Crippen LogP contribution in [0, 0.1) is 25.7 Å². The number of nitrogens with one attached hydrogen (secondary N) is 1. The molecular formula is C32H41N3O7. The molecule has 0 aromatic heterocycles. The number of para-hydroxylation sites is 1. The van der Waals surface area contributed by atoms with Gasteiger partial charge < -0.3 is 29.7 Å². The van der Waals surface area contributed by atoms with Crippen LogP contribution in [0.2, 0.25) is 0 Å². The van der Waals surface area contributed by atoms with E-state index in [0.29, 0.717) is 38.8 Å². The number of esters is 1. The molecule has 0 saturated carbocycles. The Balaban J connectivity index is 1.58. The molecule has 3 amide bonds. The van der Waals surface area contributed by atoms with E-state index in [2.05, 4.69) is 5.32 Å². The first-order valence-corrected chi connectivity index (χ1v) is 15.0. The molecular weight excluding hydrogens is 538 g/mol. The topological polar surface area (TPSA) is 125 Å². The Kier molecular flexibility index (Phi) is 8.84. The van der Waals surface area contributed by atoms with Crippen LogP contribution in [0.15, 0.2) is 42.5 Å². The van der Waals surface area contributed by atoms with Crippen LogP contribution in [0.3, 0.4) is 0 Å². The lowest BCUT2D eigenvalue weighted by Gasteiger charge is -2.36. The van der Waals surface area contributed by atoms with Crippen LogP contribution in [0.5, 0.6) is 0 Å². The quantitative estimate of drug-likeness (QED) is 0.301. The fourth-order valence-corrected chi connectivity index (χ4v) is 6.90. The fraction of sp³-hybridized carbons (Fsp3) is 0.562. The maximum atomic E-state index is 14.6. The summed E-state index contributed by atoms with van der Waals surface area (Å²) in [7, 11) is 0. The van der Waals surface area contributed by atoms with Gasteiger partial charge in [-0.15, -0.1) is 0 Å². The summed E-state index contributed by atoms with van der Waals surface area (Å²) in [6.45, 7) is 6.43. The number of allylic oxidation sites excluding steroid dienone is 1. The summed E-state index contributed by atoms with van der Waals surface area (Å²) >= 11 is 0. The number of aliphatic hydroxyl groups is 1. The number of carbonyl (C=O) groups is 4. The van der Waals surface area contributed by atoms with Crippen molar-refractivity contribution in [2.75, 3.05) is 31.1 Å². The van der Waals surface area contributed by atoms with Crippen LogP contribution in [-0.2, 0) is 28.7 Å². The van der Waals surface area contributed by atoms with Crippen molar-refractivity contribution in [1.82, 2.24) is 10.2 Å². The number of ether oxygens (including phenoxy) is 2. The average molecular weight is 580 g/mol. The lowest BCUT2D eigenvalue weighted by atomic mass is 9.78. The minimum atomic E-state index is -1.37. The minimum absolute atomic E-state index is 0.0512. The van der Waals surface area contributed by atoms with Crippen LogP contribution in [0.4, 0.5) is 5.69 Å². The highest BCUT2D eigenvalue weighted by molar-refractivity contribution is 6.06. The van der Waals surface area contributed by atoms with Crippen molar-refractivity contribution < 1.29 is 33.8 Å². The molecule has 10 nitrogen and oxygen atoms in total. The van der Waals surface area contributed by atoms with Gasteiger partial charge in [0, 0.05) is 31.8 Å². The molecule has 6 atom stereocenters. The molecule has 0 bridgehead atoms. The molecule has 2 fully saturated rings. The number of anilines is 1. The number of likely N-dealkylation sites (tertiary alicyclic amines) is 1. The van der Waals surface area contributed by atoms with Gasteiger partial charge in [-0.3, -0.25) is 19.2 Å². The molecule has 0 aliphatic carbocycles. The Hall–Kier alpha value is -3.50. The van der Waals surface area contributed by atoms with E-state index in [1.165, 1.54) is 0 Å². The summed E-state index contributed by atoms with van der Waals surface area (Å²) in [6, 6.07) is 4.89. The number of fused-ring (bicyclic) bond motifs is 2. The minimum Gasteiger partial charge on any atom is -0.460 e. The number of carbonyl (C=O) groups excluding carboxylic acids is 4. The van der Waals surface area contributed by atoms with E-state index in [9.17, 15) is 24.3 Å². The number of benzene rings is 1. The van der Waals surface area contributed by atoms with E-state index in [0.717, 1.165) is 16.8 Å². The van der Waals surface area contributed by atoms with Crippen molar-refractivity contribution in [2.45, 2.75) is 76.7 Å². The number of rotatable bonds is 6. The van der Waals surface area contributed by atoms with Gasteiger partial charge in [-0.1, -0.05) is 42.5 Å². The van der Waals surface area contributed by atoms with E-state index < -0.39 is 41.7 Å². The molecule has 1 aromatic rings. The highest BCUT2D eigenvalue weighted by Gasteiger charge is 2.71. The molecule has 226 valence electrons. The molecule has 0 radical (unpaired) electrons. The summed E-state index contributed by atoms with van der Waals surface area (Å²) in [5.74, 6) is -3.20. The van der Waals surface area contributed by atoms with Crippen LogP contribution in [0.25, 0.3) is 0 Å². The van der Waals surface area contributed by atoms with Gasteiger partial charge in [0.05, 0.1) is 18.6 Å². The first-order valence-electron chi connectivity index (χ1n) is 15.0. The first kappa shape index (κ1) is 30.0. The highest BCUT2D eigenvalue weighted by atomic mass is 16.6. The fourth-order valence-electron chi connectivity index (χ4n) is 6.90. The molecule has 4 heterocycles. The Morgan fingerprint density at radius 2 is 1.81 bits per heavy atom. The number of nitrogens with zero attached hydrogens (tertiary/aromatic N) is 2. The number of hydrogen-bond donors (Lipinski definition) is 2. The lowest BCUT2D eigenvalue weighted by molar-refractivity contribution is -0.158. The smallest absolute Gasteiger partial charge is 0.313 e. The van der Waals surface area contributed by atoms with Crippen LogP contribution < -0.4 is 10.2 Å². The molecule has 4 aliphatic heterocycles. The van der Waals surface area contributed by atoms with Crippen molar-refractivity contribution in [2.24, 2.45) is 11.8 Å². The molecule has 1 spiro atoms. The maximum absolute atomic E-state index is 14.6. The number of unbranched alkanes of at least 4 members (excludes halogenated alkanes) is 2. The highest BCUT2D eigenvalue weighted by Crippen LogP contribution is 2.53. The SMILES string of the molecule is Cc1cccc(C)c1N1CC=C[C@@]23O[C@H]4/C=C\CCC(=O)NC[C@H](C)OC(=O)[C@H]4[C@@H]2C(=O)N(CCCCCO)[C@H]3C1=O. The molecule has 2 N–H and O–H groups in total. The van der Waals surface area contributed by atoms with E-state index in [1.807, 2.05) is 44.2 Å². The van der Waals surface area contributed by atoms with Gasteiger partial charge in [-0.25, -0.2) is 0 Å². The van der Waals surface area contributed by atoms with Gasteiger partial charge >= 0.3 is 5.97 Å². The third-order valence-electron chi connectivity index (χ3n) is 8.80. The largest absolute Gasteiger partial charge is 0.460 e. The summed E-state index contributed by atoms with van der Waals surface area (Å²) < 4.78 is 12.5. The van der Waals surface area contributed by atoms with Gasteiger partial charge in [0.25, 0.3) is 5.91 Å². The number of hydrogen-bond acceptors (Lipinski definition) is 7. The predicted octanol–water partition coefficient (Wildman–Crippen LogP) is 2.35. The van der Waals surface area contributed by atoms with Crippen molar-refractivity contribution >= 4 is 29.4 Å². The second kappa shape index (κ2) is 12.4. The number of cyclic esters (lactones) is 1. The Morgan fingerprint density at radius 1 is 1.05 bits per heavy atom. The Bertz CT molecular complexity index is 1270. The predicted molar refractivity (Wildman–Crippen MR) is 155 cm³/mol. The molecule has 5 rings (SSSR count). The summed E-state index contributed by atoms with van der Waals surface area (Å²) in [4.78, 5) is 58.2. The second-order valence-electron chi connectivity index (χ2n) is 11.8. The van der Waals surface area contributed by atoms with E-state index >= 15 is 0 Å². The summed E-state index contributed by atoms with van der Waals surface area (Å²) in [6.07, 6.45) is 8.42. The van der Waals surface area contributed by atoms with Gasteiger partial charge in [0.2, 0.25) is 11.8 Å². The normalized spacial score (nSPS) is 32.2. The monoisotopic (exact) mass is 579 g/mol. The van der Waals surface area contributed by atoms with Gasteiger partial charge in [0.15, 0.2) is 0 Å². The lowest BCUT2D eigenvalue weighted by Crippen LogP contribution is -2.55. The molecule has 4 aliphatic rings. The number of aryl methyl sites for hydroxylation is 2. The van der Waals surface area contributed by atoms with Gasteiger partial charge in [-0.2, -0.15) is 0 Å². The summed E-state index contributed by atoms with van der Waals surface area (Å²) in [5.41, 5.74) is 1.32. The third kappa shape index (κ3) is 5.38. The zero-order valence-electron chi connectivity index (χ0n) is 24.6. The van der Waals surface area contributed by atoms with Gasteiger partial charge in [0.1, 0.15) is 23.7 Å². The number of amides is 3. The standard InChI is InChI=1S/C32H41N3O7/c1-20-11-9-12-21(2)27(20)34-17-10-15-32-26(29(38)35(28(32)30(34)39)16-7-4-8-18-36)25-23(42-32)13-5-6-14-24(37)33-19-22(3)41-31(25)40/h5,9-13,15,22-23,25-26,28,36H,4,6-8,14,16-19H2,1-3H3,(H,33,37)/b13-5-/t22-,23-,25+,26+,28-,32+/m0/s1.